The third-order valence-electron chi connectivity index (χ3n) is 11.7. The molecule has 2 heteroatoms. The molecule has 0 spiro atoms. The molecule has 0 radical (unpaired) electrons. The second-order valence-corrected chi connectivity index (χ2v) is 15.3. The van der Waals surface area contributed by atoms with Gasteiger partial charge in [0, 0.05) is 22.5 Å². The molecule has 0 saturated carbocycles. The Morgan fingerprint density at radius 3 is 1.30 bits per heavy atom. The highest BCUT2D eigenvalue weighted by atomic mass is 16.5. The van der Waals surface area contributed by atoms with Gasteiger partial charge in [-0.25, -0.2) is 0 Å². The van der Waals surface area contributed by atoms with E-state index in [4.69, 9.17) is 4.74 Å². The first kappa shape index (κ1) is 35.2. The van der Waals surface area contributed by atoms with Gasteiger partial charge in [-0.1, -0.05) is 182 Å². The van der Waals surface area contributed by atoms with Crippen molar-refractivity contribution < 1.29 is 4.74 Å². The van der Waals surface area contributed by atoms with Crippen LogP contribution in [0.4, 0.5) is 17.1 Å². The van der Waals surface area contributed by atoms with Crippen molar-refractivity contribution in [2.45, 2.75) is 0 Å². The standard InChI is InChI=1S/C58H39NO/c1-4-13-40(14-5-1)42-23-25-44(26-24-42)45-31-34-51(35-32-45)59(50-19-8-3-9-20-50)55-21-12-22-56-58(55)52-36-33-49(46-29-27-43(28-30-46)41-15-6-2-7-16-41)37-53(52)54-38-47-17-10-11-18-48(47)39-57(54)60-56/h1-39H. The minimum Gasteiger partial charge on any atom is -0.456 e. The molecular weight excluding hydrogens is 727 g/mol. The van der Waals surface area contributed by atoms with Crippen molar-refractivity contribution in [1.82, 2.24) is 0 Å². The molecule has 60 heavy (non-hydrogen) atoms. The molecule has 0 atom stereocenters. The quantitative estimate of drug-likeness (QED) is 0.160. The molecule has 0 amide bonds. The highest BCUT2D eigenvalue weighted by Crippen LogP contribution is 2.54. The molecule has 10 aromatic carbocycles. The van der Waals surface area contributed by atoms with Gasteiger partial charge in [0.1, 0.15) is 11.5 Å². The molecule has 0 aliphatic carbocycles. The summed E-state index contributed by atoms with van der Waals surface area (Å²) in [7, 11) is 0. The maximum absolute atomic E-state index is 7.06. The fourth-order valence-electron chi connectivity index (χ4n) is 8.64. The zero-order valence-electron chi connectivity index (χ0n) is 32.9. The van der Waals surface area contributed by atoms with Crippen LogP contribution < -0.4 is 9.64 Å². The smallest absolute Gasteiger partial charge is 0.137 e. The molecule has 0 bridgehead atoms. The van der Waals surface area contributed by atoms with E-state index in [2.05, 4.69) is 241 Å². The fourth-order valence-corrected chi connectivity index (χ4v) is 8.64. The van der Waals surface area contributed by atoms with E-state index in [9.17, 15) is 0 Å². The molecule has 0 aromatic heterocycles. The van der Waals surface area contributed by atoms with E-state index in [1.807, 2.05) is 0 Å². The number of anilines is 3. The Morgan fingerprint density at radius 1 is 0.267 bits per heavy atom. The zero-order chi connectivity index (χ0) is 39.8. The van der Waals surface area contributed by atoms with Crippen LogP contribution in [0, 0.1) is 0 Å². The van der Waals surface area contributed by atoms with Gasteiger partial charge in [0.25, 0.3) is 0 Å². The van der Waals surface area contributed by atoms with Crippen LogP contribution in [0.3, 0.4) is 0 Å². The van der Waals surface area contributed by atoms with Crippen molar-refractivity contribution in [2.75, 3.05) is 4.90 Å². The number of benzene rings is 10. The Bertz CT molecular complexity index is 3120. The second kappa shape index (κ2) is 15.1. The lowest BCUT2D eigenvalue weighted by molar-refractivity contribution is 0.488. The summed E-state index contributed by atoms with van der Waals surface area (Å²) in [5.74, 6) is 1.66. The Balaban J connectivity index is 1.05. The number of rotatable bonds is 7. The van der Waals surface area contributed by atoms with E-state index in [-0.39, 0.29) is 0 Å². The van der Waals surface area contributed by atoms with Gasteiger partial charge in [-0.2, -0.15) is 0 Å². The van der Waals surface area contributed by atoms with E-state index in [0.717, 1.165) is 61.8 Å². The molecule has 1 aliphatic rings. The van der Waals surface area contributed by atoms with Crippen molar-refractivity contribution in [3.05, 3.63) is 237 Å². The minimum absolute atomic E-state index is 0.818. The highest BCUT2D eigenvalue weighted by molar-refractivity contribution is 6.02. The Labute approximate surface area is 350 Å². The van der Waals surface area contributed by atoms with Crippen LogP contribution >= 0.6 is 0 Å². The van der Waals surface area contributed by atoms with Gasteiger partial charge >= 0.3 is 0 Å². The number of hydrogen-bond donors (Lipinski definition) is 0. The van der Waals surface area contributed by atoms with Gasteiger partial charge in [0.15, 0.2) is 0 Å². The summed E-state index contributed by atoms with van der Waals surface area (Å²) in [6.07, 6.45) is 0. The summed E-state index contributed by atoms with van der Waals surface area (Å²) in [5, 5.41) is 2.32. The molecule has 10 aromatic rings. The lowest BCUT2D eigenvalue weighted by Gasteiger charge is -2.29. The Kier molecular flexibility index (Phi) is 8.87. The first-order valence-corrected chi connectivity index (χ1v) is 20.5. The number of hydrogen-bond acceptors (Lipinski definition) is 2. The maximum Gasteiger partial charge on any atom is 0.137 e. The lowest BCUT2D eigenvalue weighted by atomic mass is 9.89. The summed E-state index contributed by atoms with van der Waals surface area (Å²) in [6, 6.07) is 84.7. The van der Waals surface area contributed by atoms with Crippen LogP contribution in [0.1, 0.15) is 0 Å². The van der Waals surface area contributed by atoms with E-state index in [0.29, 0.717) is 0 Å². The van der Waals surface area contributed by atoms with Crippen molar-refractivity contribution in [3.8, 4) is 78.3 Å². The predicted octanol–water partition coefficient (Wildman–Crippen LogP) is 16.4. The second-order valence-electron chi connectivity index (χ2n) is 15.3. The number of fused-ring (bicyclic) bond motifs is 6. The molecule has 0 unspecified atom stereocenters. The SMILES string of the molecule is c1ccc(-c2ccc(-c3ccc(N(c4ccccc4)c4cccc5c4-c4ccc(-c6ccc(-c7ccccc7)cc6)cc4-c4cc6ccccc6cc4O5)cc3)cc2)cc1. The van der Waals surface area contributed by atoms with Crippen LogP contribution in [0.5, 0.6) is 11.5 Å². The third kappa shape index (κ3) is 6.51. The number of ether oxygens (including phenoxy) is 1. The predicted molar refractivity (Wildman–Crippen MR) is 251 cm³/mol. The van der Waals surface area contributed by atoms with Crippen LogP contribution in [-0.4, -0.2) is 0 Å². The van der Waals surface area contributed by atoms with E-state index in [1.54, 1.807) is 0 Å². The molecule has 2 nitrogen and oxygen atoms in total. The van der Waals surface area contributed by atoms with Gasteiger partial charge in [-0.05, 0) is 121 Å². The van der Waals surface area contributed by atoms with Gasteiger partial charge in [-0.3, -0.25) is 0 Å². The van der Waals surface area contributed by atoms with Crippen LogP contribution in [-0.2, 0) is 0 Å². The maximum atomic E-state index is 7.06. The average molecular weight is 766 g/mol. The van der Waals surface area contributed by atoms with Crippen LogP contribution in [0.15, 0.2) is 237 Å². The molecule has 0 fully saturated rings. The van der Waals surface area contributed by atoms with E-state index in [1.165, 1.54) is 44.3 Å². The largest absolute Gasteiger partial charge is 0.456 e. The molecule has 0 saturated heterocycles. The van der Waals surface area contributed by atoms with Gasteiger partial charge in [-0.15, -0.1) is 0 Å². The Morgan fingerprint density at radius 2 is 0.717 bits per heavy atom. The van der Waals surface area contributed by atoms with Crippen molar-refractivity contribution >= 4 is 27.8 Å². The summed E-state index contributed by atoms with van der Waals surface area (Å²) < 4.78 is 7.06. The molecule has 1 aliphatic heterocycles. The summed E-state index contributed by atoms with van der Waals surface area (Å²) in [4.78, 5) is 2.36. The Hall–Kier alpha value is -7.94. The van der Waals surface area contributed by atoms with Gasteiger partial charge in [0.05, 0.1) is 5.69 Å². The average Bonchev–Trinajstić information content (AvgIpc) is 3.46. The first-order chi connectivity index (χ1) is 29.7. The lowest BCUT2D eigenvalue weighted by Crippen LogP contribution is -2.11. The normalized spacial score (nSPS) is 11.5. The first-order valence-electron chi connectivity index (χ1n) is 20.5. The number of para-hydroxylation sites is 1. The monoisotopic (exact) mass is 765 g/mol. The highest BCUT2D eigenvalue weighted by Gasteiger charge is 2.27. The molecule has 282 valence electrons. The minimum atomic E-state index is 0.818. The molecule has 11 rings (SSSR count). The number of nitrogens with zero attached hydrogens (tertiary/aromatic N) is 1. The van der Waals surface area contributed by atoms with Crippen molar-refractivity contribution in [2.24, 2.45) is 0 Å². The van der Waals surface area contributed by atoms with E-state index < -0.39 is 0 Å². The summed E-state index contributed by atoms with van der Waals surface area (Å²) >= 11 is 0. The van der Waals surface area contributed by atoms with Gasteiger partial charge in [0.2, 0.25) is 0 Å². The summed E-state index contributed by atoms with van der Waals surface area (Å²) in [5.41, 5.74) is 17.0. The topological polar surface area (TPSA) is 12.5 Å². The fraction of sp³-hybridized carbons (Fsp3) is 0. The zero-order valence-corrected chi connectivity index (χ0v) is 32.9. The van der Waals surface area contributed by atoms with Crippen molar-refractivity contribution in [3.63, 3.8) is 0 Å². The molecular formula is C58H39NO. The van der Waals surface area contributed by atoms with E-state index >= 15 is 0 Å². The third-order valence-corrected chi connectivity index (χ3v) is 11.7. The molecule has 0 N–H and O–H groups in total. The van der Waals surface area contributed by atoms with Crippen LogP contribution in [0.25, 0.3) is 77.5 Å². The molecule has 1 heterocycles. The summed E-state index contributed by atoms with van der Waals surface area (Å²) in [6.45, 7) is 0. The van der Waals surface area contributed by atoms with Gasteiger partial charge < -0.3 is 9.64 Å². The van der Waals surface area contributed by atoms with Crippen molar-refractivity contribution in [1.29, 1.82) is 0 Å². The van der Waals surface area contributed by atoms with Crippen LogP contribution in [0.2, 0.25) is 0 Å².